The van der Waals surface area contributed by atoms with Gasteiger partial charge in [-0.05, 0) is 58.5 Å². The van der Waals surface area contributed by atoms with E-state index >= 15 is 0 Å². The van der Waals surface area contributed by atoms with Gasteiger partial charge in [0.25, 0.3) is 0 Å². The highest BCUT2D eigenvalue weighted by molar-refractivity contribution is 6.70. The van der Waals surface area contributed by atoms with Gasteiger partial charge in [-0.25, -0.2) is 0 Å². The number of methoxy groups -OCH3 is 1. The number of hydrogen-bond acceptors (Lipinski definition) is 4. The smallest absolute Gasteiger partial charge is 0.305 e. The Morgan fingerprint density at radius 3 is 1.52 bits per heavy atom. The van der Waals surface area contributed by atoms with Crippen LogP contribution in [-0.2, 0) is 18.4 Å². The number of unbranched alkanes of at least 4 members (excludes halogenated alkanes) is 7. The molecule has 0 saturated carbocycles. The van der Waals surface area contributed by atoms with E-state index in [0.29, 0.717) is 6.42 Å². The van der Waals surface area contributed by atoms with Crippen molar-refractivity contribution in [3.63, 3.8) is 0 Å². The molecule has 0 aromatic heterocycles. The highest BCUT2D eigenvalue weighted by atomic mass is 28.4. The largest absolute Gasteiger partial charge is 0.469 e. The van der Waals surface area contributed by atoms with Crippen LogP contribution >= 0.6 is 0 Å². The summed E-state index contributed by atoms with van der Waals surface area (Å²) < 4.78 is 18.0. The third-order valence-electron chi connectivity index (χ3n) is 4.86. The lowest BCUT2D eigenvalue weighted by atomic mass is 10.00. The van der Waals surface area contributed by atoms with Crippen molar-refractivity contribution < 1.29 is 18.4 Å². The third kappa shape index (κ3) is 18.3. The maximum atomic E-state index is 11.2. The van der Waals surface area contributed by atoms with E-state index in [4.69, 9.17) is 13.6 Å². The molecule has 0 heterocycles. The fraction of sp³-hybridized carbons (Fsp3) is 0.957. The molecule has 2 unspecified atom stereocenters. The van der Waals surface area contributed by atoms with Crippen LogP contribution in [0.15, 0.2) is 0 Å². The van der Waals surface area contributed by atoms with E-state index in [9.17, 15) is 4.79 Å². The number of esters is 1. The van der Waals surface area contributed by atoms with E-state index < -0.39 is 16.6 Å². The summed E-state index contributed by atoms with van der Waals surface area (Å²) in [5.41, 5.74) is 0. The minimum Gasteiger partial charge on any atom is -0.469 e. The second-order valence-electron chi connectivity index (χ2n) is 10.3. The molecule has 4 nitrogen and oxygen atoms in total. The normalized spacial score (nSPS) is 14.6. The zero-order chi connectivity index (χ0) is 22.3. The topological polar surface area (TPSA) is 44.8 Å². The fourth-order valence-electron chi connectivity index (χ4n) is 3.57. The molecule has 0 radical (unpaired) electrons. The van der Waals surface area contributed by atoms with Crippen LogP contribution in [0.2, 0.25) is 39.3 Å². The molecule has 0 amide bonds. The van der Waals surface area contributed by atoms with E-state index in [1.54, 1.807) is 0 Å². The molecular weight excluding hydrogens is 396 g/mol. The molecule has 0 spiro atoms. The molecule has 0 aromatic carbocycles. The Morgan fingerprint density at radius 1 is 0.690 bits per heavy atom. The number of hydrogen-bond donors (Lipinski definition) is 0. The SMILES string of the molecule is CCCCCCC(O[Si](C)(C)C)C(CCCCCCCC(=O)OC)O[Si](C)(C)C. The van der Waals surface area contributed by atoms with Gasteiger partial charge in [0.1, 0.15) is 0 Å². The summed E-state index contributed by atoms with van der Waals surface area (Å²) in [5, 5.41) is 0. The monoisotopic (exact) mass is 446 g/mol. The van der Waals surface area contributed by atoms with Crippen LogP contribution in [0, 0.1) is 0 Å². The average Bonchev–Trinajstić information content (AvgIpc) is 2.60. The van der Waals surface area contributed by atoms with Crippen molar-refractivity contribution in [1.29, 1.82) is 0 Å². The molecule has 0 rings (SSSR count). The summed E-state index contributed by atoms with van der Waals surface area (Å²) in [6, 6.07) is 0. The molecule has 0 aromatic rings. The van der Waals surface area contributed by atoms with Gasteiger partial charge in [-0.1, -0.05) is 58.3 Å². The summed E-state index contributed by atoms with van der Waals surface area (Å²) in [7, 11) is -1.78. The van der Waals surface area contributed by atoms with Crippen molar-refractivity contribution in [1.82, 2.24) is 0 Å². The zero-order valence-corrected chi connectivity index (χ0v) is 22.8. The highest BCUT2D eigenvalue weighted by Gasteiger charge is 2.31. The molecule has 29 heavy (non-hydrogen) atoms. The minimum atomic E-state index is -1.63. The summed E-state index contributed by atoms with van der Waals surface area (Å²) >= 11 is 0. The number of ether oxygens (including phenoxy) is 1. The lowest BCUT2D eigenvalue weighted by Gasteiger charge is -2.36. The molecule has 0 fully saturated rings. The van der Waals surface area contributed by atoms with Crippen molar-refractivity contribution in [2.45, 2.75) is 135 Å². The standard InChI is InChI=1S/C23H50O4Si2/c1-9-10-11-15-18-21(26-28(3,4)5)22(27-29(6,7)8)19-16-13-12-14-17-20-23(24)25-2/h21-22H,9-20H2,1-8H3. The highest BCUT2D eigenvalue weighted by Crippen LogP contribution is 2.25. The van der Waals surface area contributed by atoms with Crippen LogP contribution in [0.1, 0.15) is 84.0 Å². The molecular formula is C23H50O4Si2. The first-order valence-corrected chi connectivity index (χ1v) is 18.7. The molecule has 174 valence electrons. The van der Waals surface area contributed by atoms with E-state index in [1.165, 1.54) is 52.1 Å². The van der Waals surface area contributed by atoms with Gasteiger partial charge in [-0.2, -0.15) is 0 Å². The van der Waals surface area contributed by atoms with Crippen molar-refractivity contribution in [2.75, 3.05) is 7.11 Å². The van der Waals surface area contributed by atoms with Gasteiger partial charge in [0.15, 0.2) is 16.6 Å². The second-order valence-corrected chi connectivity index (χ2v) is 19.2. The second kappa shape index (κ2) is 15.6. The van der Waals surface area contributed by atoms with Gasteiger partial charge in [-0.15, -0.1) is 0 Å². The molecule has 2 atom stereocenters. The first-order chi connectivity index (χ1) is 13.5. The Bertz CT molecular complexity index is 416. The molecule has 0 aliphatic rings. The van der Waals surface area contributed by atoms with Crippen LogP contribution in [0.25, 0.3) is 0 Å². The first kappa shape index (κ1) is 28.8. The van der Waals surface area contributed by atoms with Gasteiger partial charge >= 0.3 is 5.97 Å². The zero-order valence-electron chi connectivity index (χ0n) is 20.8. The lowest BCUT2D eigenvalue weighted by molar-refractivity contribution is -0.140. The van der Waals surface area contributed by atoms with E-state index in [1.807, 2.05) is 0 Å². The summed E-state index contributed by atoms with van der Waals surface area (Å²) in [6.07, 6.45) is 13.9. The maximum Gasteiger partial charge on any atom is 0.305 e. The van der Waals surface area contributed by atoms with Crippen LogP contribution < -0.4 is 0 Å². The molecule has 0 aliphatic carbocycles. The van der Waals surface area contributed by atoms with Gasteiger partial charge in [0.05, 0.1) is 19.3 Å². The number of carbonyl (C=O) groups is 1. The van der Waals surface area contributed by atoms with Crippen LogP contribution in [0.5, 0.6) is 0 Å². The Morgan fingerprint density at radius 2 is 1.10 bits per heavy atom. The van der Waals surface area contributed by atoms with Gasteiger partial charge in [-0.3, -0.25) is 4.79 Å². The van der Waals surface area contributed by atoms with Crippen molar-refractivity contribution in [2.24, 2.45) is 0 Å². The summed E-state index contributed by atoms with van der Waals surface area (Å²) in [5.74, 6) is -0.0944. The van der Waals surface area contributed by atoms with E-state index in [0.717, 1.165) is 25.7 Å². The molecule has 0 aliphatic heterocycles. The fourth-order valence-corrected chi connectivity index (χ4v) is 5.92. The van der Waals surface area contributed by atoms with Crippen molar-refractivity contribution in [3.8, 4) is 0 Å². The number of carbonyl (C=O) groups excluding carboxylic acids is 1. The first-order valence-electron chi connectivity index (χ1n) is 11.9. The lowest BCUT2D eigenvalue weighted by Crippen LogP contribution is -2.44. The Labute approximate surface area is 183 Å². The predicted octanol–water partition coefficient (Wildman–Crippen LogP) is 7.30. The average molecular weight is 447 g/mol. The number of rotatable bonds is 18. The molecule has 0 saturated heterocycles. The van der Waals surface area contributed by atoms with Crippen LogP contribution in [0.3, 0.4) is 0 Å². The Kier molecular flexibility index (Phi) is 15.5. The van der Waals surface area contributed by atoms with Gasteiger partial charge in [0, 0.05) is 6.42 Å². The molecule has 6 heteroatoms. The summed E-state index contributed by atoms with van der Waals surface area (Å²) in [6.45, 7) is 16.0. The summed E-state index contributed by atoms with van der Waals surface area (Å²) in [4.78, 5) is 11.2. The third-order valence-corrected chi connectivity index (χ3v) is 6.88. The van der Waals surface area contributed by atoms with Crippen LogP contribution in [-0.4, -0.2) is 41.9 Å². The molecule has 0 N–H and O–H groups in total. The Balaban J connectivity index is 4.66. The minimum absolute atomic E-state index is 0.0944. The van der Waals surface area contributed by atoms with Gasteiger partial charge in [0.2, 0.25) is 0 Å². The van der Waals surface area contributed by atoms with E-state index in [-0.39, 0.29) is 18.2 Å². The van der Waals surface area contributed by atoms with Gasteiger partial charge < -0.3 is 13.6 Å². The van der Waals surface area contributed by atoms with E-state index in [2.05, 4.69) is 46.2 Å². The molecule has 0 bridgehead atoms. The van der Waals surface area contributed by atoms with Crippen molar-refractivity contribution in [3.05, 3.63) is 0 Å². The predicted molar refractivity (Wildman–Crippen MR) is 130 cm³/mol. The van der Waals surface area contributed by atoms with Crippen molar-refractivity contribution >= 4 is 22.6 Å². The quantitative estimate of drug-likeness (QED) is 0.126. The Hall–Kier alpha value is -0.176. The maximum absolute atomic E-state index is 11.2. The van der Waals surface area contributed by atoms with Crippen LogP contribution in [0.4, 0.5) is 0 Å².